The van der Waals surface area contributed by atoms with E-state index in [9.17, 15) is 19.7 Å². The van der Waals surface area contributed by atoms with Crippen molar-refractivity contribution in [2.75, 3.05) is 10.6 Å². The maximum absolute atomic E-state index is 13.8. The van der Waals surface area contributed by atoms with E-state index in [2.05, 4.69) is 10.6 Å². The van der Waals surface area contributed by atoms with Gasteiger partial charge in [-0.25, -0.2) is 0 Å². The van der Waals surface area contributed by atoms with Gasteiger partial charge in [0.1, 0.15) is 0 Å². The monoisotopic (exact) mass is 515 g/mol. The maximum Gasteiger partial charge on any atom is 0.269 e. The summed E-state index contributed by atoms with van der Waals surface area (Å²) in [7, 11) is 0. The van der Waals surface area contributed by atoms with Crippen LogP contribution in [0.5, 0.6) is 0 Å². The van der Waals surface area contributed by atoms with Crippen LogP contribution >= 0.6 is 0 Å². The Morgan fingerprint density at radius 3 is 2.23 bits per heavy atom. The second kappa shape index (κ2) is 10.0. The number of ketones is 2. The van der Waals surface area contributed by atoms with Crippen LogP contribution in [0.25, 0.3) is 0 Å². The lowest BCUT2D eigenvalue weighted by Gasteiger charge is -2.29. The Labute approximate surface area is 225 Å². The highest BCUT2D eigenvalue weighted by Crippen LogP contribution is 2.44. The lowest BCUT2D eigenvalue weighted by molar-refractivity contribution is -0.384. The van der Waals surface area contributed by atoms with Gasteiger partial charge in [-0.05, 0) is 41.7 Å². The van der Waals surface area contributed by atoms with Crippen molar-refractivity contribution in [3.63, 3.8) is 0 Å². The lowest BCUT2D eigenvalue weighted by atomic mass is 9.78. The Morgan fingerprint density at radius 2 is 1.49 bits per heavy atom. The standard InChI is InChI=1S/C32H25N3O4/c36-29-19-24(20-8-3-1-4-9-20)18-28-30(29)31(22-12-7-13-25(16-22)35(38)39)34-26-15-14-23(17-27(26)33-28)32(37)21-10-5-2-6-11-21/h1-17,24,31,33-34H,18-19H2/t24-,31+/m1/s1. The predicted octanol–water partition coefficient (Wildman–Crippen LogP) is 6.81. The van der Waals surface area contributed by atoms with E-state index in [0.29, 0.717) is 46.5 Å². The average Bonchev–Trinajstić information content (AvgIpc) is 3.14. The summed E-state index contributed by atoms with van der Waals surface area (Å²) in [6.45, 7) is 0. The zero-order valence-electron chi connectivity index (χ0n) is 21.0. The summed E-state index contributed by atoms with van der Waals surface area (Å²) >= 11 is 0. The molecular weight excluding hydrogens is 490 g/mol. The van der Waals surface area contributed by atoms with Gasteiger partial charge in [0.2, 0.25) is 0 Å². The molecule has 0 saturated heterocycles. The van der Waals surface area contributed by atoms with Crippen LogP contribution in [0.2, 0.25) is 0 Å². The molecule has 0 radical (unpaired) electrons. The molecule has 6 rings (SSSR count). The number of non-ortho nitro benzene ring substituents is 1. The van der Waals surface area contributed by atoms with Crippen LogP contribution in [0.1, 0.15) is 51.8 Å². The molecule has 2 N–H and O–H groups in total. The van der Waals surface area contributed by atoms with Gasteiger partial charge in [-0.2, -0.15) is 0 Å². The molecule has 2 atom stereocenters. The molecule has 0 aromatic heterocycles. The zero-order valence-corrected chi connectivity index (χ0v) is 21.0. The molecule has 1 heterocycles. The van der Waals surface area contributed by atoms with Gasteiger partial charge in [-0.1, -0.05) is 72.8 Å². The number of rotatable bonds is 5. The Morgan fingerprint density at radius 1 is 0.769 bits per heavy atom. The summed E-state index contributed by atoms with van der Waals surface area (Å²) in [6, 6.07) is 30.2. The molecule has 2 aliphatic rings. The number of hydrogen-bond acceptors (Lipinski definition) is 6. The van der Waals surface area contributed by atoms with Crippen molar-refractivity contribution in [2.24, 2.45) is 0 Å². The summed E-state index contributed by atoms with van der Waals surface area (Å²) in [6.07, 6.45) is 0.931. The number of nitrogens with zero attached hydrogens (tertiary/aromatic N) is 1. The Hall–Kier alpha value is -5.04. The molecule has 7 nitrogen and oxygen atoms in total. The van der Waals surface area contributed by atoms with Crippen LogP contribution in [0.3, 0.4) is 0 Å². The van der Waals surface area contributed by atoms with Crippen molar-refractivity contribution in [3.8, 4) is 0 Å². The topological polar surface area (TPSA) is 101 Å². The largest absolute Gasteiger partial charge is 0.372 e. The molecule has 0 fully saturated rings. The van der Waals surface area contributed by atoms with E-state index in [1.807, 2.05) is 54.6 Å². The first-order valence-corrected chi connectivity index (χ1v) is 12.8. The highest BCUT2D eigenvalue weighted by atomic mass is 16.6. The molecule has 39 heavy (non-hydrogen) atoms. The number of fused-ring (bicyclic) bond motifs is 1. The van der Waals surface area contributed by atoms with Gasteiger partial charge in [0.05, 0.1) is 22.3 Å². The molecule has 0 spiro atoms. The fourth-order valence-corrected chi connectivity index (χ4v) is 5.47. The Bertz CT molecular complexity index is 1630. The van der Waals surface area contributed by atoms with Crippen LogP contribution < -0.4 is 10.6 Å². The number of anilines is 2. The van der Waals surface area contributed by atoms with E-state index in [4.69, 9.17) is 0 Å². The third-order valence-electron chi connectivity index (χ3n) is 7.38. The van der Waals surface area contributed by atoms with E-state index >= 15 is 0 Å². The first kappa shape index (κ1) is 24.3. The fourth-order valence-electron chi connectivity index (χ4n) is 5.47. The van der Waals surface area contributed by atoms with Crippen molar-refractivity contribution in [3.05, 3.63) is 147 Å². The molecule has 4 aromatic carbocycles. The van der Waals surface area contributed by atoms with E-state index in [0.717, 1.165) is 11.3 Å². The van der Waals surface area contributed by atoms with Gasteiger partial charge in [-0.3, -0.25) is 19.7 Å². The van der Waals surface area contributed by atoms with Gasteiger partial charge in [0, 0.05) is 41.0 Å². The molecule has 7 heteroatoms. The second-order valence-corrected chi connectivity index (χ2v) is 9.84. The van der Waals surface area contributed by atoms with E-state index in [-0.39, 0.29) is 23.2 Å². The van der Waals surface area contributed by atoms with Gasteiger partial charge in [0.25, 0.3) is 5.69 Å². The highest BCUT2D eigenvalue weighted by molar-refractivity contribution is 6.10. The molecule has 4 aromatic rings. The average molecular weight is 516 g/mol. The summed E-state index contributed by atoms with van der Waals surface area (Å²) in [5.41, 5.74) is 5.48. The quantitative estimate of drug-likeness (QED) is 0.172. The van der Waals surface area contributed by atoms with Crippen molar-refractivity contribution in [1.29, 1.82) is 0 Å². The lowest BCUT2D eigenvalue weighted by Crippen LogP contribution is -2.26. The number of allylic oxidation sites excluding steroid dienone is 1. The van der Waals surface area contributed by atoms with Crippen molar-refractivity contribution in [2.45, 2.75) is 24.8 Å². The normalized spacial score (nSPS) is 18.2. The number of nitro benzene ring substituents is 1. The number of nitrogens with one attached hydrogen (secondary N) is 2. The Balaban J connectivity index is 1.45. The smallest absolute Gasteiger partial charge is 0.269 e. The number of carbonyl (C=O) groups is 2. The molecule has 1 aliphatic heterocycles. The van der Waals surface area contributed by atoms with Gasteiger partial charge < -0.3 is 10.6 Å². The molecule has 0 bridgehead atoms. The van der Waals surface area contributed by atoms with Gasteiger partial charge >= 0.3 is 0 Å². The van der Waals surface area contributed by atoms with E-state index in [1.165, 1.54) is 12.1 Å². The highest BCUT2D eigenvalue weighted by Gasteiger charge is 2.36. The van der Waals surface area contributed by atoms with Gasteiger partial charge in [-0.15, -0.1) is 0 Å². The third-order valence-corrected chi connectivity index (χ3v) is 7.38. The molecule has 0 amide bonds. The second-order valence-electron chi connectivity index (χ2n) is 9.84. The third kappa shape index (κ3) is 4.70. The number of benzene rings is 4. The minimum atomic E-state index is -0.589. The fraction of sp³-hybridized carbons (Fsp3) is 0.125. The minimum Gasteiger partial charge on any atom is -0.372 e. The van der Waals surface area contributed by atoms with Gasteiger partial charge in [0.15, 0.2) is 11.6 Å². The number of carbonyl (C=O) groups excluding carboxylic acids is 2. The number of nitro groups is 1. The summed E-state index contributed by atoms with van der Waals surface area (Å²) in [5, 5.41) is 18.5. The summed E-state index contributed by atoms with van der Waals surface area (Å²) in [5.74, 6) is -0.128. The van der Waals surface area contributed by atoms with Crippen LogP contribution in [0.15, 0.2) is 114 Å². The maximum atomic E-state index is 13.8. The van der Waals surface area contributed by atoms with Crippen molar-refractivity contribution in [1.82, 2.24) is 0 Å². The summed E-state index contributed by atoms with van der Waals surface area (Å²) in [4.78, 5) is 38.0. The molecule has 192 valence electrons. The van der Waals surface area contributed by atoms with E-state index in [1.54, 1.807) is 36.4 Å². The Kier molecular flexibility index (Phi) is 6.25. The van der Waals surface area contributed by atoms with Crippen LogP contribution in [0.4, 0.5) is 17.1 Å². The van der Waals surface area contributed by atoms with Crippen LogP contribution in [-0.2, 0) is 4.79 Å². The van der Waals surface area contributed by atoms with E-state index < -0.39 is 11.0 Å². The zero-order chi connectivity index (χ0) is 26.9. The van der Waals surface area contributed by atoms with Crippen LogP contribution in [0, 0.1) is 10.1 Å². The van der Waals surface area contributed by atoms with Crippen molar-refractivity contribution >= 4 is 28.6 Å². The van der Waals surface area contributed by atoms with Crippen molar-refractivity contribution < 1.29 is 14.5 Å². The first-order valence-electron chi connectivity index (χ1n) is 12.8. The number of hydrogen-bond donors (Lipinski definition) is 2. The first-order chi connectivity index (χ1) is 19.0. The SMILES string of the molecule is O=C1C[C@H](c2ccccc2)CC2=C1[C@H](c1cccc([N+](=O)[O-])c1)Nc1ccc(C(=O)c3ccccc3)cc1N2. The molecule has 1 aliphatic carbocycles. The van der Waals surface area contributed by atoms with Crippen LogP contribution in [-0.4, -0.2) is 16.5 Å². The molecular formula is C32H25N3O4. The minimum absolute atomic E-state index is 0.00797. The number of Topliss-reactive ketones (excluding diaryl/α,β-unsaturated/α-hetero) is 1. The molecule has 0 unspecified atom stereocenters. The summed E-state index contributed by atoms with van der Waals surface area (Å²) < 4.78 is 0. The molecule has 0 saturated carbocycles. The predicted molar refractivity (Wildman–Crippen MR) is 150 cm³/mol.